The Morgan fingerprint density at radius 2 is 2.17 bits per heavy atom. The largest absolute Gasteiger partial charge is 0.449 e. The lowest BCUT2D eigenvalue weighted by Crippen LogP contribution is -2.44. The third-order valence-electron chi connectivity index (χ3n) is 3.42. The summed E-state index contributed by atoms with van der Waals surface area (Å²) in [5.74, 6) is 0.221. The number of hydrogen-bond acceptors (Lipinski definition) is 3. The molecular formula is C14H19NO3. The lowest BCUT2D eigenvalue weighted by molar-refractivity contribution is 0.0219. The summed E-state index contributed by atoms with van der Waals surface area (Å²) in [5.41, 5.74) is 1.10. The Balaban J connectivity index is 2.08. The number of aliphatic hydroxyl groups is 1. The molecule has 1 aromatic carbocycles. The number of hydrogen-bond donors (Lipinski definition) is 1. The highest BCUT2D eigenvalue weighted by molar-refractivity contribution is 5.69. The van der Waals surface area contributed by atoms with Crippen LogP contribution in [0.25, 0.3) is 0 Å². The molecule has 18 heavy (non-hydrogen) atoms. The predicted octanol–water partition coefficient (Wildman–Crippen LogP) is 2.20. The molecule has 0 bridgehead atoms. The van der Waals surface area contributed by atoms with Gasteiger partial charge in [0, 0.05) is 19.1 Å². The number of cyclic esters (lactones) is 1. The predicted molar refractivity (Wildman–Crippen MR) is 68.1 cm³/mol. The molecule has 0 aromatic heterocycles. The maximum absolute atomic E-state index is 11.8. The van der Waals surface area contributed by atoms with Crippen molar-refractivity contribution in [3.05, 3.63) is 35.9 Å². The molecule has 0 aliphatic carbocycles. The van der Waals surface area contributed by atoms with Crippen molar-refractivity contribution in [2.24, 2.45) is 5.92 Å². The quantitative estimate of drug-likeness (QED) is 0.890. The first kappa shape index (κ1) is 12.9. The third-order valence-corrected chi connectivity index (χ3v) is 3.42. The third kappa shape index (κ3) is 2.82. The van der Waals surface area contributed by atoms with Gasteiger partial charge in [0.2, 0.25) is 0 Å². The minimum Gasteiger partial charge on any atom is -0.449 e. The number of carbonyl (C=O) groups is 1. The summed E-state index contributed by atoms with van der Waals surface area (Å²) in [7, 11) is 0. The van der Waals surface area contributed by atoms with Crippen LogP contribution in [0.5, 0.6) is 0 Å². The summed E-state index contributed by atoms with van der Waals surface area (Å²) in [5, 5.41) is 8.97. The second-order valence-corrected chi connectivity index (χ2v) is 4.69. The van der Waals surface area contributed by atoms with Crippen molar-refractivity contribution in [2.75, 3.05) is 19.8 Å². The van der Waals surface area contributed by atoms with E-state index in [0.717, 1.165) is 5.56 Å². The Bertz CT molecular complexity index is 393. The van der Waals surface area contributed by atoms with Crippen LogP contribution in [0.15, 0.2) is 30.3 Å². The fourth-order valence-electron chi connectivity index (χ4n) is 2.26. The highest BCUT2D eigenvalue weighted by atomic mass is 16.6. The summed E-state index contributed by atoms with van der Waals surface area (Å²) in [6, 6.07) is 9.90. The van der Waals surface area contributed by atoms with Gasteiger partial charge < -0.3 is 14.7 Å². The normalized spacial score (nSPS) is 21.6. The van der Waals surface area contributed by atoms with Crippen molar-refractivity contribution in [1.82, 2.24) is 4.90 Å². The van der Waals surface area contributed by atoms with Crippen LogP contribution in [0.4, 0.5) is 4.79 Å². The molecule has 4 nitrogen and oxygen atoms in total. The van der Waals surface area contributed by atoms with E-state index in [9.17, 15) is 4.79 Å². The zero-order valence-corrected chi connectivity index (χ0v) is 10.6. The summed E-state index contributed by atoms with van der Waals surface area (Å²) in [6.07, 6.45) is 0.409. The topological polar surface area (TPSA) is 49.8 Å². The Morgan fingerprint density at radius 3 is 2.83 bits per heavy atom. The summed E-state index contributed by atoms with van der Waals surface area (Å²) < 4.78 is 5.17. The van der Waals surface area contributed by atoms with Crippen LogP contribution in [0.3, 0.4) is 0 Å². The van der Waals surface area contributed by atoms with Gasteiger partial charge in [-0.1, -0.05) is 30.3 Å². The highest BCUT2D eigenvalue weighted by Crippen LogP contribution is 2.25. The smallest absolute Gasteiger partial charge is 0.410 e. The van der Waals surface area contributed by atoms with Crippen molar-refractivity contribution in [3.8, 4) is 0 Å². The molecule has 1 aliphatic heterocycles. The number of ether oxygens (including phenoxy) is 1. The minimum atomic E-state index is -0.263. The fraction of sp³-hybridized carbons (Fsp3) is 0.500. The molecule has 2 unspecified atom stereocenters. The first-order valence-electron chi connectivity index (χ1n) is 6.31. The first-order chi connectivity index (χ1) is 8.72. The van der Waals surface area contributed by atoms with E-state index in [2.05, 4.69) is 0 Å². The molecule has 2 rings (SSSR count). The monoisotopic (exact) mass is 249 g/mol. The van der Waals surface area contributed by atoms with E-state index in [0.29, 0.717) is 19.6 Å². The number of rotatable bonds is 4. The molecule has 1 fully saturated rings. The SMILES string of the molecule is CC(c1ccccc1)N1CC(CCO)COC1=O. The number of carbonyl (C=O) groups excluding carboxylic acids is 1. The summed E-state index contributed by atoms with van der Waals surface area (Å²) in [6.45, 7) is 3.19. The van der Waals surface area contributed by atoms with Gasteiger partial charge in [-0.25, -0.2) is 4.79 Å². The molecule has 98 valence electrons. The number of benzene rings is 1. The molecular weight excluding hydrogens is 230 g/mol. The highest BCUT2D eigenvalue weighted by Gasteiger charge is 2.30. The van der Waals surface area contributed by atoms with E-state index in [1.165, 1.54) is 0 Å². The maximum Gasteiger partial charge on any atom is 0.410 e. The Labute approximate surface area is 107 Å². The number of nitrogens with zero attached hydrogens (tertiary/aromatic N) is 1. The molecule has 0 spiro atoms. The van der Waals surface area contributed by atoms with E-state index in [1.54, 1.807) is 4.90 Å². The van der Waals surface area contributed by atoms with Gasteiger partial charge in [-0.15, -0.1) is 0 Å². The molecule has 0 radical (unpaired) electrons. The van der Waals surface area contributed by atoms with Crippen LogP contribution in [0, 0.1) is 5.92 Å². The zero-order valence-electron chi connectivity index (χ0n) is 10.6. The first-order valence-corrected chi connectivity index (χ1v) is 6.31. The molecule has 0 saturated carbocycles. The second kappa shape index (κ2) is 5.87. The van der Waals surface area contributed by atoms with Gasteiger partial charge in [0.25, 0.3) is 0 Å². The molecule has 4 heteroatoms. The minimum absolute atomic E-state index is 0.000179. The van der Waals surface area contributed by atoms with Crippen molar-refractivity contribution in [2.45, 2.75) is 19.4 Å². The number of aliphatic hydroxyl groups excluding tert-OH is 1. The fourth-order valence-corrected chi connectivity index (χ4v) is 2.26. The molecule has 1 aromatic rings. The standard InChI is InChI=1S/C14H19NO3/c1-11(13-5-3-2-4-6-13)15-9-12(7-8-16)10-18-14(15)17/h2-6,11-12,16H,7-10H2,1H3. The summed E-state index contributed by atoms with van der Waals surface area (Å²) in [4.78, 5) is 13.5. The number of amides is 1. The Morgan fingerprint density at radius 1 is 1.44 bits per heavy atom. The van der Waals surface area contributed by atoms with Crippen LogP contribution < -0.4 is 0 Å². The van der Waals surface area contributed by atoms with E-state index in [4.69, 9.17) is 9.84 Å². The van der Waals surface area contributed by atoms with E-state index >= 15 is 0 Å². The van der Waals surface area contributed by atoms with Gasteiger partial charge >= 0.3 is 6.09 Å². The lowest BCUT2D eigenvalue weighted by atomic mass is 10.0. The molecule has 1 N–H and O–H groups in total. The van der Waals surface area contributed by atoms with Gasteiger partial charge in [0.1, 0.15) is 0 Å². The van der Waals surface area contributed by atoms with Crippen LogP contribution in [0.1, 0.15) is 24.9 Å². The Kier molecular flexibility index (Phi) is 4.20. The van der Waals surface area contributed by atoms with Gasteiger partial charge in [0.05, 0.1) is 12.6 Å². The average molecular weight is 249 g/mol. The van der Waals surface area contributed by atoms with E-state index in [-0.39, 0.29) is 24.7 Å². The molecule has 2 atom stereocenters. The van der Waals surface area contributed by atoms with Crippen molar-refractivity contribution < 1.29 is 14.6 Å². The van der Waals surface area contributed by atoms with Gasteiger partial charge in [-0.2, -0.15) is 0 Å². The van der Waals surface area contributed by atoms with Crippen LogP contribution in [-0.2, 0) is 4.74 Å². The second-order valence-electron chi connectivity index (χ2n) is 4.69. The van der Waals surface area contributed by atoms with Crippen LogP contribution >= 0.6 is 0 Å². The van der Waals surface area contributed by atoms with Crippen LogP contribution in [0.2, 0.25) is 0 Å². The van der Waals surface area contributed by atoms with Crippen molar-refractivity contribution in [3.63, 3.8) is 0 Å². The van der Waals surface area contributed by atoms with Gasteiger partial charge in [-0.05, 0) is 18.9 Å². The summed E-state index contributed by atoms with van der Waals surface area (Å²) >= 11 is 0. The van der Waals surface area contributed by atoms with Gasteiger partial charge in [0.15, 0.2) is 0 Å². The van der Waals surface area contributed by atoms with Crippen molar-refractivity contribution >= 4 is 6.09 Å². The lowest BCUT2D eigenvalue weighted by Gasteiger charge is -2.36. The molecule has 1 heterocycles. The van der Waals surface area contributed by atoms with E-state index < -0.39 is 0 Å². The Hall–Kier alpha value is -1.55. The molecule has 1 aliphatic rings. The average Bonchev–Trinajstić information content (AvgIpc) is 2.41. The molecule has 1 amide bonds. The van der Waals surface area contributed by atoms with Crippen molar-refractivity contribution in [1.29, 1.82) is 0 Å². The van der Waals surface area contributed by atoms with Crippen LogP contribution in [-0.4, -0.2) is 35.9 Å². The van der Waals surface area contributed by atoms with Gasteiger partial charge in [-0.3, -0.25) is 0 Å². The maximum atomic E-state index is 11.8. The molecule has 1 saturated heterocycles. The zero-order chi connectivity index (χ0) is 13.0. The van der Waals surface area contributed by atoms with E-state index in [1.807, 2.05) is 37.3 Å².